The van der Waals surface area contributed by atoms with Gasteiger partial charge in [0.25, 0.3) is 0 Å². The van der Waals surface area contributed by atoms with Crippen LogP contribution in [0.25, 0.3) is 76.5 Å². The topological polar surface area (TPSA) is 6.48 Å². The summed E-state index contributed by atoms with van der Waals surface area (Å²) in [6, 6.07) is 55.4. The lowest BCUT2D eigenvalue weighted by Crippen LogP contribution is -2.29. The van der Waals surface area contributed by atoms with Gasteiger partial charge in [-0.2, -0.15) is 0 Å². The molecule has 2 heterocycles. The number of nitrogens with zero attached hydrogens (tertiary/aromatic N) is 2. The van der Waals surface area contributed by atoms with Gasteiger partial charge in [0, 0.05) is 37.6 Å². The van der Waals surface area contributed by atoms with Crippen LogP contribution in [-0.4, -0.2) is 26.2 Å². The van der Waals surface area contributed by atoms with Crippen LogP contribution in [0.5, 0.6) is 0 Å². The summed E-state index contributed by atoms with van der Waals surface area (Å²) in [5.41, 5.74) is 10.5. The Morgan fingerprint density at radius 3 is 1.42 bits per heavy atom. The number of benzene rings is 8. The van der Waals surface area contributed by atoms with Crippen LogP contribution in [0.2, 0.25) is 0 Å². The molecule has 0 spiro atoms. The number of hydrogen-bond donors (Lipinski definition) is 0. The van der Waals surface area contributed by atoms with E-state index >= 15 is 0 Å². The Balaban J connectivity index is 1.37. The van der Waals surface area contributed by atoms with Gasteiger partial charge in [-0.05, 0) is 151 Å². The van der Waals surface area contributed by atoms with E-state index in [1.807, 2.05) is 0 Å². The molecule has 0 aromatic heterocycles. The molecular formula is C50H44N2. The van der Waals surface area contributed by atoms with Gasteiger partial charge in [-0.15, -0.1) is 0 Å². The lowest BCUT2D eigenvalue weighted by atomic mass is 9.82. The van der Waals surface area contributed by atoms with Crippen molar-refractivity contribution in [1.82, 2.24) is 0 Å². The van der Waals surface area contributed by atoms with Crippen molar-refractivity contribution in [2.75, 3.05) is 36.0 Å². The van der Waals surface area contributed by atoms with Gasteiger partial charge in [-0.3, -0.25) is 0 Å². The highest BCUT2D eigenvalue weighted by atomic mass is 15.1. The van der Waals surface area contributed by atoms with Crippen molar-refractivity contribution in [1.29, 1.82) is 0 Å². The smallest absolute Gasteiger partial charge is 0.0372 e. The lowest BCUT2D eigenvalue weighted by Gasteiger charge is -2.31. The summed E-state index contributed by atoms with van der Waals surface area (Å²) in [4.78, 5) is 5.23. The van der Waals surface area contributed by atoms with Crippen molar-refractivity contribution < 1.29 is 0 Å². The van der Waals surface area contributed by atoms with Gasteiger partial charge in [0.05, 0.1) is 0 Å². The highest BCUT2D eigenvalue weighted by molar-refractivity contribution is 6.25. The Morgan fingerprint density at radius 1 is 0.308 bits per heavy atom. The molecule has 0 bridgehead atoms. The second-order valence-electron chi connectivity index (χ2n) is 14.9. The van der Waals surface area contributed by atoms with E-state index in [2.05, 4.69) is 155 Å². The van der Waals surface area contributed by atoms with Crippen LogP contribution in [0.1, 0.15) is 38.5 Å². The number of hydrogen-bond acceptors (Lipinski definition) is 2. The number of fused-ring (bicyclic) bond motifs is 4. The fourth-order valence-corrected chi connectivity index (χ4v) is 9.23. The zero-order chi connectivity index (χ0) is 34.4. The highest BCUT2D eigenvalue weighted by Crippen LogP contribution is 2.49. The molecule has 2 heteroatoms. The van der Waals surface area contributed by atoms with Crippen molar-refractivity contribution >= 4 is 54.5 Å². The summed E-state index contributed by atoms with van der Waals surface area (Å²) in [7, 11) is 0. The van der Waals surface area contributed by atoms with Crippen molar-refractivity contribution in [3.63, 3.8) is 0 Å². The van der Waals surface area contributed by atoms with Crippen molar-refractivity contribution in [3.05, 3.63) is 146 Å². The van der Waals surface area contributed by atoms with Crippen molar-refractivity contribution in [3.8, 4) is 33.4 Å². The van der Waals surface area contributed by atoms with Gasteiger partial charge < -0.3 is 9.80 Å². The van der Waals surface area contributed by atoms with Gasteiger partial charge in [-0.25, -0.2) is 0 Å². The van der Waals surface area contributed by atoms with E-state index in [-0.39, 0.29) is 0 Å². The van der Waals surface area contributed by atoms with Crippen LogP contribution in [0.4, 0.5) is 11.4 Å². The fourth-order valence-electron chi connectivity index (χ4n) is 9.23. The van der Waals surface area contributed by atoms with Gasteiger partial charge in [0.2, 0.25) is 0 Å². The number of piperidine rings is 2. The largest absolute Gasteiger partial charge is 0.372 e. The summed E-state index contributed by atoms with van der Waals surface area (Å²) in [6.45, 7) is 4.49. The minimum Gasteiger partial charge on any atom is -0.372 e. The van der Waals surface area contributed by atoms with Crippen LogP contribution in [0.15, 0.2) is 146 Å². The monoisotopic (exact) mass is 672 g/mol. The quantitative estimate of drug-likeness (QED) is 0.168. The molecule has 2 aliphatic heterocycles. The van der Waals surface area contributed by atoms with E-state index in [0.717, 1.165) is 26.2 Å². The summed E-state index contributed by atoms with van der Waals surface area (Å²) in [5, 5.41) is 10.4. The maximum atomic E-state index is 2.62. The Kier molecular flexibility index (Phi) is 7.90. The summed E-state index contributed by atoms with van der Waals surface area (Å²) in [6.07, 6.45) is 7.67. The standard InChI is InChI=1S/C50H44N2/c1-4-15-36(16-5-1)45-31-37-18-6-7-19-38(37)32-46(45)50-44-26-24-39(51-27-10-2-11-28-51)33-47(44)49(42-22-14-20-35-17-8-9-21-41(35)42)43-25-23-40(34-48(43)50)52-29-12-3-13-30-52/h1,4-9,14-26,31-34H,2-3,10-13,27-30H2. The Hall–Kier alpha value is -5.60. The Morgan fingerprint density at radius 2 is 0.808 bits per heavy atom. The normalized spacial score (nSPS) is 15.2. The summed E-state index contributed by atoms with van der Waals surface area (Å²) < 4.78 is 0. The van der Waals surface area contributed by atoms with E-state index in [1.54, 1.807) is 0 Å². The first-order valence-corrected chi connectivity index (χ1v) is 19.4. The van der Waals surface area contributed by atoms with E-state index in [1.165, 1.54) is 126 Å². The first kappa shape index (κ1) is 31.2. The van der Waals surface area contributed by atoms with E-state index in [4.69, 9.17) is 0 Å². The number of rotatable bonds is 5. The molecule has 0 unspecified atom stereocenters. The molecule has 254 valence electrons. The second kappa shape index (κ2) is 13.2. The van der Waals surface area contributed by atoms with Crippen LogP contribution in [0.3, 0.4) is 0 Å². The minimum atomic E-state index is 1.12. The van der Waals surface area contributed by atoms with Crippen LogP contribution >= 0.6 is 0 Å². The molecule has 0 aliphatic carbocycles. The molecule has 0 N–H and O–H groups in total. The van der Waals surface area contributed by atoms with Crippen molar-refractivity contribution in [2.45, 2.75) is 38.5 Å². The van der Waals surface area contributed by atoms with Gasteiger partial charge in [0.1, 0.15) is 0 Å². The number of anilines is 2. The first-order valence-electron chi connectivity index (χ1n) is 19.4. The van der Waals surface area contributed by atoms with E-state index in [9.17, 15) is 0 Å². The highest BCUT2D eigenvalue weighted by Gasteiger charge is 2.23. The Bertz CT molecular complexity index is 2580. The molecule has 2 saturated heterocycles. The molecule has 2 fully saturated rings. The Labute approximate surface area is 306 Å². The first-order chi connectivity index (χ1) is 25.8. The zero-order valence-electron chi connectivity index (χ0n) is 29.8. The molecule has 8 aromatic carbocycles. The van der Waals surface area contributed by atoms with Gasteiger partial charge >= 0.3 is 0 Å². The minimum absolute atomic E-state index is 1.12. The molecule has 52 heavy (non-hydrogen) atoms. The molecule has 0 saturated carbocycles. The maximum absolute atomic E-state index is 2.62. The molecule has 2 nitrogen and oxygen atoms in total. The summed E-state index contributed by atoms with van der Waals surface area (Å²) in [5.74, 6) is 0. The lowest BCUT2D eigenvalue weighted by molar-refractivity contribution is 0.578. The average molecular weight is 673 g/mol. The second-order valence-corrected chi connectivity index (χ2v) is 14.9. The van der Waals surface area contributed by atoms with Crippen LogP contribution in [-0.2, 0) is 0 Å². The van der Waals surface area contributed by atoms with Crippen molar-refractivity contribution in [2.24, 2.45) is 0 Å². The third-order valence-electron chi connectivity index (χ3n) is 11.8. The SMILES string of the molecule is c1ccc(-c2cc3ccccc3cc2-c2c3cc(N4CCCCC4)ccc3c(-c3cccc4ccccc34)c3cc(N4CCCCC4)ccc23)cc1. The molecule has 0 amide bonds. The molecular weight excluding hydrogens is 629 g/mol. The third kappa shape index (κ3) is 5.40. The zero-order valence-corrected chi connectivity index (χ0v) is 29.8. The summed E-state index contributed by atoms with van der Waals surface area (Å²) >= 11 is 0. The van der Waals surface area contributed by atoms with Gasteiger partial charge in [-0.1, -0.05) is 109 Å². The van der Waals surface area contributed by atoms with E-state index in [0.29, 0.717) is 0 Å². The molecule has 0 radical (unpaired) electrons. The van der Waals surface area contributed by atoms with E-state index < -0.39 is 0 Å². The average Bonchev–Trinajstić information content (AvgIpc) is 3.23. The fraction of sp³-hybridized carbons (Fsp3) is 0.200. The van der Waals surface area contributed by atoms with Crippen LogP contribution in [0, 0.1) is 0 Å². The third-order valence-corrected chi connectivity index (χ3v) is 11.8. The van der Waals surface area contributed by atoms with Crippen LogP contribution < -0.4 is 9.80 Å². The predicted molar refractivity (Wildman–Crippen MR) is 225 cm³/mol. The molecule has 0 atom stereocenters. The molecule has 8 aromatic rings. The maximum Gasteiger partial charge on any atom is 0.0372 e. The van der Waals surface area contributed by atoms with Gasteiger partial charge in [0.15, 0.2) is 0 Å². The molecule has 2 aliphatic rings. The predicted octanol–water partition coefficient (Wildman–Crippen LogP) is 13.3. The molecule has 10 rings (SSSR count).